The number of amides is 1. The number of nitrogens with zero attached hydrogens (tertiary/aromatic N) is 3. The number of hydrogen-bond acceptors (Lipinski definition) is 4. The molecule has 0 atom stereocenters. The normalized spacial score (nSPS) is 15.6. The first-order valence-electron chi connectivity index (χ1n) is 4.93. The Bertz CT molecular complexity index is 401. The van der Waals surface area contributed by atoms with Gasteiger partial charge in [0.25, 0.3) is 5.91 Å². The maximum absolute atomic E-state index is 11.8. The molecule has 1 aliphatic rings. The molecular formula is C10H11N3O3. The van der Waals surface area contributed by atoms with Gasteiger partial charge in [0.05, 0.1) is 12.0 Å². The quantitative estimate of drug-likeness (QED) is 0.778. The minimum absolute atomic E-state index is 0.0751. The van der Waals surface area contributed by atoms with Gasteiger partial charge in [-0.2, -0.15) is 0 Å². The maximum Gasteiger partial charge on any atom is 0.303 e. The fourth-order valence-corrected chi connectivity index (χ4v) is 1.70. The lowest BCUT2D eigenvalue weighted by atomic mass is 9.96. The standard InChI is InChI=1S/C10H11N3O3/c14-9(15)1-7-4-13(5-7)10(16)8-2-11-6-12-3-8/h2-3,6-7H,1,4-5H2,(H,14,15). The van der Waals surface area contributed by atoms with Crippen molar-refractivity contribution in [3.8, 4) is 0 Å². The van der Waals surface area contributed by atoms with E-state index >= 15 is 0 Å². The third-order valence-electron chi connectivity index (χ3n) is 2.52. The summed E-state index contributed by atoms with van der Waals surface area (Å²) in [6, 6.07) is 0. The highest BCUT2D eigenvalue weighted by molar-refractivity contribution is 5.94. The number of carbonyl (C=O) groups is 2. The first kappa shape index (κ1) is 10.5. The van der Waals surface area contributed by atoms with Gasteiger partial charge in [-0.05, 0) is 0 Å². The molecule has 1 saturated heterocycles. The number of aromatic nitrogens is 2. The van der Waals surface area contributed by atoms with E-state index in [1.165, 1.54) is 18.7 Å². The van der Waals surface area contributed by atoms with Crippen LogP contribution in [0.2, 0.25) is 0 Å². The molecule has 1 aromatic heterocycles. The highest BCUT2D eigenvalue weighted by atomic mass is 16.4. The van der Waals surface area contributed by atoms with Crippen LogP contribution < -0.4 is 0 Å². The molecule has 0 saturated carbocycles. The molecule has 0 aliphatic carbocycles. The Morgan fingerprint density at radius 1 is 1.38 bits per heavy atom. The fourth-order valence-electron chi connectivity index (χ4n) is 1.70. The van der Waals surface area contributed by atoms with Crippen LogP contribution in [0.3, 0.4) is 0 Å². The first-order valence-corrected chi connectivity index (χ1v) is 4.93. The van der Waals surface area contributed by atoms with E-state index in [-0.39, 0.29) is 18.2 Å². The Balaban J connectivity index is 1.88. The van der Waals surface area contributed by atoms with E-state index in [0.29, 0.717) is 18.7 Å². The molecule has 2 rings (SSSR count). The summed E-state index contributed by atoms with van der Waals surface area (Å²) in [6.45, 7) is 1.00. The topological polar surface area (TPSA) is 83.4 Å². The van der Waals surface area contributed by atoms with Crippen LogP contribution in [0, 0.1) is 5.92 Å². The summed E-state index contributed by atoms with van der Waals surface area (Å²) in [5.41, 5.74) is 0.441. The van der Waals surface area contributed by atoms with Crippen LogP contribution in [0.15, 0.2) is 18.7 Å². The Morgan fingerprint density at radius 3 is 2.56 bits per heavy atom. The number of carbonyl (C=O) groups excluding carboxylic acids is 1. The van der Waals surface area contributed by atoms with Gasteiger partial charge in [0.1, 0.15) is 6.33 Å². The maximum atomic E-state index is 11.8. The van der Waals surface area contributed by atoms with Crippen molar-refractivity contribution in [1.82, 2.24) is 14.9 Å². The lowest BCUT2D eigenvalue weighted by molar-refractivity contribution is -0.139. The lowest BCUT2D eigenvalue weighted by Gasteiger charge is -2.38. The molecule has 0 bridgehead atoms. The zero-order valence-electron chi connectivity index (χ0n) is 8.54. The molecule has 84 valence electrons. The van der Waals surface area contributed by atoms with E-state index < -0.39 is 5.97 Å². The van der Waals surface area contributed by atoms with Crippen LogP contribution in [-0.4, -0.2) is 44.9 Å². The predicted octanol–water partition coefficient (Wildman–Crippen LogP) is 0.0233. The molecule has 0 aromatic carbocycles. The Labute approximate surface area is 91.9 Å². The second-order valence-electron chi connectivity index (χ2n) is 3.80. The van der Waals surface area contributed by atoms with Crippen LogP contribution in [0.4, 0.5) is 0 Å². The minimum Gasteiger partial charge on any atom is -0.481 e. The molecule has 2 heterocycles. The fraction of sp³-hybridized carbons (Fsp3) is 0.400. The van der Waals surface area contributed by atoms with Crippen molar-refractivity contribution in [3.05, 3.63) is 24.3 Å². The zero-order valence-corrected chi connectivity index (χ0v) is 8.54. The first-order chi connectivity index (χ1) is 7.66. The van der Waals surface area contributed by atoms with Gasteiger partial charge in [0.2, 0.25) is 0 Å². The van der Waals surface area contributed by atoms with Gasteiger partial charge in [-0.15, -0.1) is 0 Å². The van der Waals surface area contributed by atoms with Gasteiger partial charge in [0, 0.05) is 31.4 Å². The SMILES string of the molecule is O=C(O)CC1CN(C(=O)c2cncnc2)C1. The van der Waals surface area contributed by atoms with Crippen LogP contribution in [0.25, 0.3) is 0 Å². The number of likely N-dealkylation sites (tertiary alicyclic amines) is 1. The Morgan fingerprint density at radius 2 is 2.00 bits per heavy atom. The molecule has 0 unspecified atom stereocenters. The monoisotopic (exact) mass is 221 g/mol. The summed E-state index contributed by atoms with van der Waals surface area (Å²) in [5.74, 6) is -0.881. The van der Waals surface area contributed by atoms with Gasteiger partial charge in [-0.3, -0.25) is 9.59 Å². The number of hydrogen-bond donors (Lipinski definition) is 1. The van der Waals surface area contributed by atoms with Crippen LogP contribution in [-0.2, 0) is 4.79 Å². The second kappa shape index (κ2) is 4.26. The van der Waals surface area contributed by atoms with E-state index in [1.54, 1.807) is 4.90 Å². The minimum atomic E-state index is -0.819. The van der Waals surface area contributed by atoms with E-state index in [4.69, 9.17) is 5.11 Å². The van der Waals surface area contributed by atoms with E-state index in [0.717, 1.165) is 0 Å². The van der Waals surface area contributed by atoms with Crippen LogP contribution >= 0.6 is 0 Å². The third-order valence-corrected chi connectivity index (χ3v) is 2.52. The van der Waals surface area contributed by atoms with Crippen molar-refractivity contribution in [3.63, 3.8) is 0 Å². The molecule has 0 spiro atoms. The van der Waals surface area contributed by atoms with Crippen LogP contribution in [0.5, 0.6) is 0 Å². The van der Waals surface area contributed by atoms with Crippen molar-refractivity contribution in [2.24, 2.45) is 5.92 Å². The summed E-state index contributed by atoms with van der Waals surface area (Å²) < 4.78 is 0. The zero-order chi connectivity index (χ0) is 11.5. The van der Waals surface area contributed by atoms with Gasteiger partial charge in [0.15, 0.2) is 0 Å². The molecule has 1 aliphatic heterocycles. The number of carboxylic acids is 1. The number of aliphatic carboxylic acids is 1. The summed E-state index contributed by atoms with van der Waals surface area (Å²) >= 11 is 0. The summed E-state index contributed by atoms with van der Waals surface area (Å²) in [4.78, 5) is 31.3. The van der Waals surface area contributed by atoms with E-state index in [2.05, 4.69) is 9.97 Å². The molecule has 6 heteroatoms. The van der Waals surface area contributed by atoms with Crippen molar-refractivity contribution >= 4 is 11.9 Å². The molecule has 0 radical (unpaired) electrons. The molecule has 1 aromatic rings. The van der Waals surface area contributed by atoms with E-state index in [1.807, 2.05) is 0 Å². The average Bonchev–Trinajstić information content (AvgIpc) is 2.23. The molecule has 6 nitrogen and oxygen atoms in total. The van der Waals surface area contributed by atoms with Gasteiger partial charge < -0.3 is 10.0 Å². The van der Waals surface area contributed by atoms with E-state index in [9.17, 15) is 9.59 Å². The van der Waals surface area contributed by atoms with Crippen LogP contribution in [0.1, 0.15) is 16.8 Å². The molecule has 1 N–H and O–H groups in total. The Hall–Kier alpha value is -1.98. The summed E-state index contributed by atoms with van der Waals surface area (Å²) in [7, 11) is 0. The molecule has 1 amide bonds. The Kier molecular flexibility index (Phi) is 2.80. The van der Waals surface area contributed by atoms with Crippen molar-refractivity contribution in [2.75, 3.05) is 13.1 Å². The van der Waals surface area contributed by atoms with Crippen molar-refractivity contribution in [2.45, 2.75) is 6.42 Å². The lowest BCUT2D eigenvalue weighted by Crippen LogP contribution is -2.50. The molecule has 16 heavy (non-hydrogen) atoms. The highest BCUT2D eigenvalue weighted by Gasteiger charge is 2.32. The largest absolute Gasteiger partial charge is 0.481 e. The predicted molar refractivity (Wildman–Crippen MR) is 53.7 cm³/mol. The van der Waals surface area contributed by atoms with Crippen molar-refractivity contribution < 1.29 is 14.7 Å². The molecule has 1 fully saturated rings. The van der Waals surface area contributed by atoms with Gasteiger partial charge >= 0.3 is 5.97 Å². The highest BCUT2D eigenvalue weighted by Crippen LogP contribution is 2.20. The summed E-state index contributed by atoms with van der Waals surface area (Å²) in [5, 5.41) is 8.57. The second-order valence-corrected chi connectivity index (χ2v) is 3.80. The average molecular weight is 221 g/mol. The number of carboxylic acid groups (broad SMARTS) is 1. The smallest absolute Gasteiger partial charge is 0.303 e. The van der Waals surface area contributed by atoms with Gasteiger partial charge in [-0.1, -0.05) is 0 Å². The molecular weight excluding hydrogens is 210 g/mol. The summed E-state index contributed by atoms with van der Waals surface area (Å²) in [6.07, 6.45) is 4.40. The van der Waals surface area contributed by atoms with Crippen molar-refractivity contribution in [1.29, 1.82) is 0 Å². The van der Waals surface area contributed by atoms with Gasteiger partial charge in [-0.25, -0.2) is 9.97 Å². The number of rotatable bonds is 3. The third kappa shape index (κ3) is 2.16.